The fourth-order valence-corrected chi connectivity index (χ4v) is 4.54. The average molecular weight is 481 g/mol. The summed E-state index contributed by atoms with van der Waals surface area (Å²) in [5.41, 5.74) is 1.92. The van der Waals surface area contributed by atoms with E-state index in [-0.39, 0.29) is 11.6 Å². The molecule has 188 valence electrons. The van der Waals surface area contributed by atoms with Gasteiger partial charge in [-0.2, -0.15) is 0 Å². The molecule has 3 aromatic rings. The van der Waals surface area contributed by atoms with Crippen LogP contribution in [0.4, 0.5) is 5.69 Å². The predicted molar refractivity (Wildman–Crippen MR) is 136 cm³/mol. The van der Waals surface area contributed by atoms with Crippen molar-refractivity contribution >= 4 is 5.69 Å². The molecule has 0 unspecified atom stereocenters. The zero-order chi connectivity index (χ0) is 25.0. The van der Waals surface area contributed by atoms with Crippen molar-refractivity contribution in [2.45, 2.75) is 38.8 Å². The number of ether oxygens (including phenoxy) is 3. The summed E-state index contributed by atoms with van der Waals surface area (Å²) in [6, 6.07) is 13.9. The van der Waals surface area contributed by atoms with Crippen LogP contribution in [-0.4, -0.2) is 72.6 Å². The Kier molecular flexibility index (Phi) is 7.45. The van der Waals surface area contributed by atoms with Crippen LogP contribution < -0.4 is 19.1 Å². The molecule has 1 aliphatic heterocycles. The average Bonchev–Trinajstić information content (AvgIpc) is 3.39. The maximum absolute atomic E-state index is 5.80. The predicted octanol–water partition coefficient (Wildman–Crippen LogP) is 3.76. The van der Waals surface area contributed by atoms with Gasteiger partial charge in [0, 0.05) is 43.5 Å². The molecule has 1 atom stereocenters. The molecule has 1 aliphatic rings. The van der Waals surface area contributed by atoms with Crippen LogP contribution in [0.25, 0.3) is 0 Å². The van der Waals surface area contributed by atoms with Crippen molar-refractivity contribution < 1.29 is 14.2 Å². The number of aromatic nitrogens is 4. The second kappa shape index (κ2) is 10.5. The number of nitrogens with zero attached hydrogens (tertiary/aromatic N) is 6. The van der Waals surface area contributed by atoms with Crippen molar-refractivity contribution in [1.82, 2.24) is 25.1 Å². The molecule has 2 heterocycles. The number of hydrogen-bond acceptors (Lipinski definition) is 8. The van der Waals surface area contributed by atoms with Crippen LogP contribution in [0.15, 0.2) is 42.5 Å². The summed E-state index contributed by atoms with van der Waals surface area (Å²) in [6.07, 6.45) is 0.899. The van der Waals surface area contributed by atoms with E-state index in [1.807, 2.05) is 35.0 Å². The van der Waals surface area contributed by atoms with Gasteiger partial charge >= 0.3 is 0 Å². The minimum atomic E-state index is -0.231. The second-order valence-corrected chi connectivity index (χ2v) is 9.35. The smallest absolute Gasteiger partial charge is 0.173 e. The molecular weight excluding hydrogens is 444 g/mol. The van der Waals surface area contributed by atoms with E-state index in [4.69, 9.17) is 14.2 Å². The first-order valence-electron chi connectivity index (χ1n) is 12.1. The van der Waals surface area contributed by atoms with E-state index in [0.717, 1.165) is 66.9 Å². The first-order valence-corrected chi connectivity index (χ1v) is 12.1. The first-order chi connectivity index (χ1) is 16.9. The number of tetrazole rings is 1. The highest BCUT2D eigenvalue weighted by Gasteiger charge is 2.36. The number of piperazine rings is 1. The van der Waals surface area contributed by atoms with E-state index in [1.54, 1.807) is 21.3 Å². The summed E-state index contributed by atoms with van der Waals surface area (Å²) in [4.78, 5) is 4.82. The summed E-state index contributed by atoms with van der Waals surface area (Å²) >= 11 is 0. The van der Waals surface area contributed by atoms with Gasteiger partial charge in [0.05, 0.1) is 26.9 Å². The van der Waals surface area contributed by atoms with Gasteiger partial charge in [-0.1, -0.05) is 13.0 Å². The van der Waals surface area contributed by atoms with Crippen molar-refractivity contribution in [2.24, 2.45) is 0 Å². The van der Waals surface area contributed by atoms with Crippen LogP contribution in [0, 0.1) is 0 Å². The number of anilines is 1. The molecule has 0 aliphatic carbocycles. The van der Waals surface area contributed by atoms with Gasteiger partial charge in [0.15, 0.2) is 5.82 Å². The Hall–Kier alpha value is -3.33. The highest BCUT2D eigenvalue weighted by molar-refractivity contribution is 5.51. The quantitative estimate of drug-likeness (QED) is 0.458. The third kappa shape index (κ3) is 5.05. The summed E-state index contributed by atoms with van der Waals surface area (Å²) in [5.74, 6) is 3.23. The van der Waals surface area contributed by atoms with E-state index in [9.17, 15) is 0 Å². The Labute approximate surface area is 207 Å². The van der Waals surface area contributed by atoms with E-state index < -0.39 is 0 Å². The van der Waals surface area contributed by atoms with Gasteiger partial charge in [-0.25, -0.2) is 4.68 Å². The van der Waals surface area contributed by atoms with Crippen LogP contribution in [0.5, 0.6) is 17.2 Å². The number of benzene rings is 2. The molecule has 9 nitrogen and oxygen atoms in total. The zero-order valence-corrected chi connectivity index (χ0v) is 21.6. The minimum Gasteiger partial charge on any atom is -0.497 e. The fourth-order valence-electron chi connectivity index (χ4n) is 4.54. The number of rotatable bonds is 9. The third-order valence-electron chi connectivity index (χ3n) is 7.01. The summed E-state index contributed by atoms with van der Waals surface area (Å²) in [7, 11) is 5.07. The van der Waals surface area contributed by atoms with Crippen LogP contribution in [0.2, 0.25) is 0 Å². The number of methoxy groups -OCH3 is 3. The highest BCUT2D eigenvalue weighted by Crippen LogP contribution is 2.38. The van der Waals surface area contributed by atoms with E-state index in [2.05, 4.69) is 58.2 Å². The summed E-state index contributed by atoms with van der Waals surface area (Å²) < 4.78 is 18.8. The van der Waals surface area contributed by atoms with Crippen molar-refractivity contribution in [3.63, 3.8) is 0 Å². The third-order valence-corrected chi connectivity index (χ3v) is 7.01. The van der Waals surface area contributed by atoms with Gasteiger partial charge in [-0.15, -0.1) is 5.10 Å². The lowest BCUT2D eigenvalue weighted by atomic mass is 9.98. The molecule has 0 N–H and O–H groups in total. The Bertz CT molecular complexity index is 1120. The van der Waals surface area contributed by atoms with Crippen molar-refractivity contribution in [2.75, 3.05) is 52.4 Å². The summed E-state index contributed by atoms with van der Waals surface area (Å²) in [6.45, 7) is 9.88. The Morgan fingerprint density at radius 1 is 0.914 bits per heavy atom. The molecule has 35 heavy (non-hydrogen) atoms. The van der Waals surface area contributed by atoms with Crippen LogP contribution in [-0.2, 0) is 5.54 Å². The molecule has 9 heteroatoms. The molecule has 0 bridgehead atoms. The number of hydrogen-bond donors (Lipinski definition) is 0. The molecule has 1 saturated heterocycles. The molecule has 0 saturated carbocycles. The van der Waals surface area contributed by atoms with Gasteiger partial charge in [0.25, 0.3) is 0 Å². The van der Waals surface area contributed by atoms with Crippen molar-refractivity contribution in [3.05, 3.63) is 53.9 Å². The van der Waals surface area contributed by atoms with E-state index in [0.29, 0.717) is 0 Å². The highest BCUT2D eigenvalue weighted by atomic mass is 16.5. The maximum Gasteiger partial charge on any atom is 0.173 e. The fraction of sp³-hybridized carbons (Fsp3) is 0.500. The van der Waals surface area contributed by atoms with E-state index >= 15 is 0 Å². The summed E-state index contributed by atoms with van der Waals surface area (Å²) in [5, 5.41) is 13.1. The van der Waals surface area contributed by atoms with Gasteiger partial charge in [0.2, 0.25) is 0 Å². The molecule has 0 spiro atoms. The Morgan fingerprint density at radius 2 is 1.63 bits per heavy atom. The molecule has 0 amide bonds. The molecule has 2 aromatic carbocycles. The Balaban J connectivity index is 1.71. The zero-order valence-electron chi connectivity index (χ0n) is 21.6. The van der Waals surface area contributed by atoms with Crippen LogP contribution in [0.1, 0.15) is 44.6 Å². The standard InChI is InChI=1S/C26H36N6O3/c1-7-26(2,3)32-25(27-28-29-32)24(22-18-21(34-5)11-12-23(22)35-6)31-15-13-30(14-16-31)19-9-8-10-20(17-19)33-4/h8-12,17-18,24H,7,13-16H2,1-6H3/t24-/m0/s1. The van der Waals surface area contributed by atoms with Crippen molar-refractivity contribution in [1.29, 1.82) is 0 Å². The van der Waals surface area contributed by atoms with E-state index in [1.165, 1.54) is 0 Å². The van der Waals surface area contributed by atoms with Crippen LogP contribution in [0.3, 0.4) is 0 Å². The van der Waals surface area contributed by atoms with Gasteiger partial charge in [-0.3, -0.25) is 4.90 Å². The first kappa shape index (κ1) is 24.8. The normalized spacial score (nSPS) is 15.7. The van der Waals surface area contributed by atoms with Gasteiger partial charge < -0.3 is 19.1 Å². The SMILES string of the molecule is CCC(C)(C)n1nnnc1[C@H](c1cc(OC)ccc1OC)N1CCN(c2cccc(OC)c2)CC1. The van der Waals surface area contributed by atoms with Gasteiger partial charge in [-0.05, 0) is 61.0 Å². The molecule has 0 radical (unpaired) electrons. The molecule has 1 aromatic heterocycles. The largest absolute Gasteiger partial charge is 0.497 e. The minimum absolute atomic E-state index is 0.187. The topological polar surface area (TPSA) is 77.8 Å². The second-order valence-electron chi connectivity index (χ2n) is 9.35. The maximum atomic E-state index is 5.80. The Morgan fingerprint density at radius 3 is 2.29 bits per heavy atom. The van der Waals surface area contributed by atoms with Crippen LogP contribution >= 0.6 is 0 Å². The monoisotopic (exact) mass is 480 g/mol. The lowest BCUT2D eigenvalue weighted by Gasteiger charge is -2.41. The van der Waals surface area contributed by atoms with Gasteiger partial charge in [0.1, 0.15) is 23.3 Å². The molecular formula is C26H36N6O3. The lowest BCUT2D eigenvalue weighted by molar-refractivity contribution is 0.184. The van der Waals surface area contributed by atoms with Crippen molar-refractivity contribution in [3.8, 4) is 17.2 Å². The molecule has 1 fully saturated rings. The lowest BCUT2D eigenvalue weighted by Crippen LogP contribution is -2.49. The molecule has 4 rings (SSSR count).